The minimum atomic E-state index is 0.922. The van der Waals surface area contributed by atoms with Gasteiger partial charge in [-0.2, -0.15) is 0 Å². The zero-order valence-electron chi connectivity index (χ0n) is 26.5. The Morgan fingerprint density at radius 2 is 1.06 bits per heavy atom. The predicted molar refractivity (Wildman–Crippen MR) is 201 cm³/mol. The third kappa shape index (κ3) is 4.62. The van der Waals surface area contributed by atoms with E-state index in [0.717, 1.165) is 23.0 Å². The molecule has 0 N–H and O–H groups in total. The molecule has 0 amide bonds. The van der Waals surface area contributed by atoms with Gasteiger partial charge in [-0.25, -0.2) is 0 Å². The lowest BCUT2D eigenvalue weighted by atomic mass is 9.84. The normalized spacial score (nSPS) is 11.8. The summed E-state index contributed by atoms with van der Waals surface area (Å²) in [6, 6.07) is 55.5. The molecule has 224 valence electrons. The summed E-state index contributed by atoms with van der Waals surface area (Å²) in [6.07, 6.45) is 3.54. The number of aryl methyl sites for hydroxylation is 1. The molecule has 47 heavy (non-hydrogen) atoms. The maximum atomic E-state index is 6.43. The maximum Gasteiger partial charge on any atom is 0.136 e. The Morgan fingerprint density at radius 3 is 1.79 bits per heavy atom. The van der Waals surface area contributed by atoms with E-state index < -0.39 is 0 Å². The second-order valence-electron chi connectivity index (χ2n) is 12.7. The average molecular weight is 603 g/mol. The van der Waals surface area contributed by atoms with E-state index in [1.807, 2.05) is 0 Å². The Hall–Kier alpha value is -5.66. The van der Waals surface area contributed by atoms with E-state index >= 15 is 0 Å². The Labute approximate surface area is 274 Å². The Morgan fingerprint density at radius 1 is 0.426 bits per heavy atom. The number of rotatable bonds is 6. The standard InChI is InChI=1S/C46H34O/c1-2-3-13-30-22-23-32-29-44-42(28-34(32)26-30)41-27-33(24-25-43(41)47-44)35-16-7-8-17-36(35)46-39-20-11-9-18-37(39)45(31-14-5-4-6-15-31)38-19-10-12-21-40(38)46/h4-12,14-29H,2-3,13H2,1H3. The van der Waals surface area contributed by atoms with Gasteiger partial charge in [0.25, 0.3) is 0 Å². The topological polar surface area (TPSA) is 13.1 Å². The molecule has 1 heterocycles. The van der Waals surface area contributed by atoms with Crippen molar-refractivity contribution in [2.24, 2.45) is 0 Å². The van der Waals surface area contributed by atoms with Gasteiger partial charge in [0, 0.05) is 10.8 Å². The van der Waals surface area contributed by atoms with Gasteiger partial charge in [0.1, 0.15) is 11.2 Å². The van der Waals surface area contributed by atoms with Gasteiger partial charge in [0.15, 0.2) is 0 Å². The Kier molecular flexibility index (Phi) is 6.64. The first kappa shape index (κ1) is 27.6. The summed E-state index contributed by atoms with van der Waals surface area (Å²) in [4.78, 5) is 0. The molecule has 0 spiro atoms. The Balaban J connectivity index is 1.27. The quantitative estimate of drug-likeness (QED) is 0.173. The maximum absolute atomic E-state index is 6.43. The van der Waals surface area contributed by atoms with Crippen molar-refractivity contribution in [3.05, 3.63) is 157 Å². The van der Waals surface area contributed by atoms with Gasteiger partial charge in [-0.3, -0.25) is 0 Å². The molecule has 0 atom stereocenters. The number of furan rings is 1. The molecule has 0 aliphatic rings. The fourth-order valence-electron chi connectivity index (χ4n) is 7.56. The Bertz CT molecular complexity index is 2550. The molecule has 0 aliphatic carbocycles. The lowest BCUT2D eigenvalue weighted by molar-refractivity contribution is 0.669. The van der Waals surface area contributed by atoms with Crippen LogP contribution in [0.5, 0.6) is 0 Å². The molecule has 1 nitrogen and oxygen atoms in total. The third-order valence-corrected chi connectivity index (χ3v) is 9.81. The van der Waals surface area contributed by atoms with Crippen molar-refractivity contribution in [1.29, 1.82) is 0 Å². The monoisotopic (exact) mass is 602 g/mol. The van der Waals surface area contributed by atoms with Crippen LogP contribution in [0.3, 0.4) is 0 Å². The fraction of sp³-hybridized carbons (Fsp3) is 0.0870. The molecule has 0 radical (unpaired) electrons. The van der Waals surface area contributed by atoms with Gasteiger partial charge in [-0.15, -0.1) is 0 Å². The van der Waals surface area contributed by atoms with Crippen LogP contribution < -0.4 is 0 Å². The molecule has 9 aromatic rings. The first-order chi connectivity index (χ1) is 23.3. The first-order valence-corrected chi connectivity index (χ1v) is 16.7. The molecule has 1 aromatic heterocycles. The van der Waals surface area contributed by atoms with E-state index in [-0.39, 0.29) is 0 Å². The van der Waals surface area contributed by atoms with Crippen LogP contribution in [0.4, 0.5) is 0 Å². The van der Waals surface area contributed by atoms with Gasteiger partial charge in [0.2, 0.25) is 0 Å². The minimum absolute atomic E-state index is 0.922. The second kappa shape index (κ2) is 11.3. The second-order valence-corrected chi connectivity index (χ2v) is 12.7. The van der Waals surface area contributed by atoms with Gasteiger partial charge < -0.3 is 4.42 Å². The number of hydrogen-bond donors (Lipinski definition) is 0. The van der Waals surface area contributed by atoms with Crippen molar-refractivity contribution in [3.8, 4) is 33.4 Å². The summed E-state index contributed by atoms with van der Waals surface area (Å²) in [7, 11) is 0. The number of fused-ring (bicyclic) bond motifs is 6. The lowest BCUT2D eigenvalue weighted by Crippen LogP contribution is -1.92. The van der Waals surface area contributed by atoms with Crippen LogP contribution in [0.2, 0.25) is 0 Å². The highest BCUT2D eigenvalue weighted by molar-refractivity contribution is 6.22. The molecule has 0 saturated heterocycles. The molecule has 0 saturated carbocycles. The van der Waals surface area contributed by atoms with Crippen LogP contribution in [0, 0.1) is 0 Å². The van der Waals surface area contributed by atoms with E-state index in [4.69, 9.17) is 4.42 Å². The third-order valence-electron chi connectivity index (χ3n) is 9.81. The van der Waals surface area contributed by atoms with Gasteiger partial charge in [-0.05, 0) is 108 Å². The highest BCUT2D eigenvalue weighted by Crippen LogP contribution is 2.46. The average Bonchev–Trinajstić information content (AvgIpc) is 3.48. The largest absolute Gasteiger partial charge is 0.456 e. The summed E-state index contributed by atoms with van der Waals surface area (Å²) in [5, 5.41) is 9.88. The van der Waals surface area contributed by atoms with E-state index in [0.29, 0.717) is 0 Å². The highest BCUT2D eigenvalue weighted by Gasteiger charge is 2.19. The smallest absolute Gasteiger partial charge is 0.136 e. The zero-order chi connectivity index (χ0) is 31.3. The molecule has 8 aromatic carbocycles. The van der Waals surface area contributed by atoms with Crippen molar-refractivity contribution in [1.82, 2.24) is 0 Å². The fourth-order valence-corrected chi connectivity index (χ4v) is 7.56. The van der Waals surface area contributed by atoms with Crippen LogP contribution in [-0.4, -0.2) is 0 Å². The van der Waals surface area contributed by atoms with Crippen molar-refractivity contribution < 1.29 is 4.42 Å². The van der Waals surface area contributed by atoms with Gasteiger partial charge >= 0.3 is 0 Å². The first-order valence-electron chi connectivity index (χ1n) is 16.7. The molecule has 0 bridgehead atoms. The van der Waals surface area contributed by atoms with Crippen LogP contribution in [0.25, 0.3) is 87.6 Å². The van der Waals surface area contributed by atoms with Crippen molar-refractivity contribution >= 4 is 54.3 Å². The summed E-state index contributed by atoms with van der Waals surface area (Å²) >= 11 is 0. The number of benzene rings is 8. The van der Waals surface area contributed by atoms with E-state index in [2.05, 4.69) is 159 Å². The highest BCUT2D eigenvalue weighted by atomic mass is 16.3. The summed E-state index contributed by atoms with van der Waals surface area (Å²) in [5.74, 6) is 0. The molecule has 0 unspecified atom stereocenters. The predicted octanol–water partition coefficient (Wildman–Crippen LogP) is 13.4. The summed E-state index contributed by atoms with van der Waals surface area (Å²) in [5.41, 5.74) is 10.7. The molecule has 0 aliphatic heterocycles. The van der Waals surface area contributed by atoms with Gasteiger partial charge in [-0.1, -0.05) is 141 Å². The molecule has 0 fully saturated rings. The van der Waals surface area contributed by atoms with Crippen LogP contribution in [-0.2, 0) is 6.42 Å². The molecule has 1 heteroatoms. The molecular formula is C46H34O. The minimum Gasteiger partial charge on any atom is -0.456 e. The molecule has 9 rings (SSSR count). The van der Waals surface area contributed by atoms with Crippen molar-refractivity contribution in [2.45, 2.75) is 26.2 Å². The summed E-state index contributed by atoms with van der Waals surface area (Å²) < 4.78 is 6.43. The van der Waals surface area contributed by atoms with Crippen LogP contribution in [0.1, 0.15) is 25.3 Å². The van der Waals surface area contributed by atoms with E-state index in [1.165, 1.54) is 89.5 Å². The molecular weight excluding hydrogens is 569 g/mol. The summed E-state index contributed by atoms with van der Waals surface area (Å²) in [6.45, 7) is 2.25. The van der Waals surface area contributed by atoms with Crippen LogP contribution >= 0.6 is 0 Å². The van der Waals surface area contributed by atoms with E-state index in [1.54, 1.807) is 0 Å². The SMILES string of the molecule is CCCCc1ccc2cc3oc4ccc(-c5ccccc5-c5c6ccccc6c(-c6ccccc6)c6ccccc56)cc4c3cc2c1. The zero-order valence-corrected chi connectivity index (χ0v) is 26.5. The van der Waals surface area contributed by atoms with E-state index in [9.17, 15) is 0 Å². The van der Waals surface area contributed by atoms with Crippen molar-refractivity contribution in [3.63, 3.8) is 0 Å². The lowest BCUT2D eigenvalue weighted by Gasteiger charge is -2.19. The van der Waals surface area contributed by atoms with Crippen molar-refractivity contribution in [2.75, 3.05) is 0 Å². The number of unbranched alkanes of at least 4 members (excludes halogenated alkanes) is 1. The van der Waals surface area contributed by atoms with Crippen LogP contribution in [0.15, 0.2) is 156 Å². The van der Waals surface area contributed by atoms with Gasteiger partial charge in [0.05, 0.1) is 0 Å². The number of hydrogen-bond acceptors (Lipinski definition) is 1.